The number of ether oxygens (including phenoxy) is 4. The molecule has 1 fully saturated rings. The van der Waals surface area contributed by atoms with Crippen molar-refractivity contribution in [3.05, 3.63) is 105 Å². The van der Waals surface area contributed by atoms with E-state index in [1.165, 1.54) is 34.0 Å². The van der Waals surface area contributed by atoms with E-state index in [4.69, 9.17) is 57.1 Å². The SMILES string of the molecule is CCCC(=O)C1(C)CCc2sc(-c3ccc(OCCCCl)cc3)nc21.CCCC(=O)C1(C)CCc2sc(-c3ccc(OCCCN4CCCC4C)cc3)nc21.CCOC(=O)C1CCc2sc(-c3ccc(OCCCCl)cc3)nc21. The number of hydrogen-bond acceptors (Lipinski definition) is 14. The first-order valence-electron chi connectivity index (χ1n) is 28.6. The Morgan fingerprint density at radius 1 is 0.608 bits per heavy atom. The lowest BCUT2D eigenvalue weighted by molar-refractivity contribution is -0.145. The molecule has 0 N–H and O–H groups in total. The molecule has 0 radical (unpaired) electrons. The average molecular weight is 1170 g/mol. The van der Waals surface area contributed by atoms with Crippen molar-refractivity contribution in [1.82, 2.24) is 19.9 Å². The number of halogens is 2. The molecule has 4 unspecified atom stereocenters. The van der Waals surface area contributed by atoms with Crippen molar-refractivity contribution in [2.45, 2.75) is 161 Å². The highest BCUT2D eigenvalue weighted by molar-refractivity contribution is 7.16. The van der Waals surface area contributed by atoms with Crippen LogP contribution in [-0.4, -0.2) is 94.7 Å². The van der Waals surface area contributed by atoms with Crippen LogP contribution in [0.15, 0.2) is 72.8 Å². The predicted molar refractivity (Wildman–Crippen MR) is 324 cm³/mol. The summed E-state index contributed by atoms with van der Waals surface area (Å²) in [6.07, 6.45) is 13.9. The van der Waals surface area contributed by atoms with Gasteiger partial charge in [-0.05, 0) is 191 Å². The van der Waals surface area contributed by atoms with E-state index in [0.717, 1.165) is 156 Å². The third-order valence-corrected chi connectivity index (χ3v) is 19.6. The van der Waals surface area contributed by atoms with Gasteiger partial charge in [0.2, 0.25) is 0 Å². The van der Waals surface area contributed by atoms with Crippen LogP contribution in [0.1, 0.15) is 156 Å². The third-order valence-electron chi connectivity index (χ3n) is 15.6. The van der Waals surface area contributed by atoms with Crippen molar-refractivity contribution >= 4 is 74.7 Å². The van der Waals surface area contributed by atoms with Gasteiger partial charge < -0.3 is 23.8 Å². The number of hydrogen-bond donors (Lipinski definition) is 0. The number of nitrogens with zero attached hydrogens (tertiary/aromatic N) is 4. The summed E-state index contributed by atoms with van der Waals surface area (Å²) in [6.45, 7) is 17.2. The van der Waals surface area contributed by atoms with Crippen LogP contribution in [0.2, 0.25) is 0 Å². The molecular formula is C63H78Cl2N4O7S3. The molecule has 10 rings (SSSR count). The molecule has 0 spiro atoms. The molecule has 424 valence electrons. The summed E-state index contributed by atoms with van der Waals surface area (Å²) in [7, 11) is 0. The second-order valence-corrected chi connectivity index (χ2v) is 25.4. The minimum atomic E-state index is -0.398. The van der Waals surface area contributed by atoms with E-state index in [1.807, 2.05) is 67.6 Å². The fourth-order valence-corrected chi connectivity index (χ4v) is 14.6. The maximum atomic E-state index is 12.7. The average Bonchev–Trinajstić information content (AvgIpc) is 4.55. The molecule has 1 saturated heterocycles. The molecule has 79 heavy (non-hydrogen) atoms. The quantitative estimate of drug-likeness (QED) is 0.0326. The number of alkyl halides is 2. The number of likely N-dealkylation sites (tertiary alicyclic amines) is 1. The third kappa shape index (κ3) is 14.9. The summed E-state index contributed by atoms with van der Waals surface area (Å²) < 4.78 is 22.4. The maximum absolute atomic E-state index is 12.7. The number of carbonyl (C=O) groups excluding carboxylic acids is 3. The summed E-state index contributed by atoms with van der Waals surface area (Å²) >= 11 is 16.4. The lowest BCUT2D eigenvalue weighted by atomic mass is 9.81. The monoisotopic (exact) mass is 1170 g/mol. The molecule has 4 atom stereocenters. The number of thiazole rings is 3. The summed E-state index contributed by atoms with van der Waals surface area (Å²) in [5, 5.41) is 2.96. The molecule has 0 saturated carbocycles. The van der Waals surface area contributed by atoms with Crippen LogP contribution in [0.4, 0.5) is 0 Å². The fourth-order valence-electron chi connectivity index (χ4n) is 10.8. The second kappa shape index (κ2) is 28.8. The molecule has 1 aliphatic heterocycles. The van der Waals surface area contributed by atoms with Crippen molar-refractivity contribution in [3.63, 3.8) is 0 Å². The van der Waals surface area contributed by atoms with Crippen molar-refractivity contribution in [2.75, 3.05) is 51.3 Å². The number of carbonyl (C=O) groups is 3. The van der Waals surface area contributed by atoms with Crippen LogP contribution in [0.5, 0.6) is 17.2 Å². The van der Waals surface area contributed by atoms with E-state index in [2.05, 4.69) is 51.7 Å². The summed E-state index contributed by atoms with van der Waals surface area (Å²) in [5.74, 6) is 4.11. The van der Waals surface area contributed by atoms with Gasteiger partial charge in [0.25, 0.3) is 0 Å². The van der Waals surface area contributed by atoms with E-state index < -0.39 is 10.8 Å². The van der Waals surface area contributed by atoms with Crippen molar-refractivity contribution in [3.8, 4) is 49.0 Å². The number of rotatable bonds is 24. The van der Waals surface area contributed by atoms with Gasteiger partial charge in [-0.25, -0.2) is 15.0 Å². The lowest BCUT2D eigenvalue weighted by Gasteiger charge is -2.21. The highest BCUT2D eigenvalue weighted by Crippen LogP contribution is 2.47. The predicted octanol–water partition coefficient (Wildman–Crippen LogP) is 15.4. The van der Waals surface area contributed by atoms with Gasteiger partial charge in [0.1, 0.15) is 49.8 Å². The number of benzene rings is 3. The smallest absolute Gasteiger partial charge is 0.315 e. The molecular weight excluding hydrogens is 1090 g/mol. The zero-order valence-electron chi connectivity index (χ0n) is 47.0. The Labute approximate surface area is 490 Å². The Kier molecular flexibility index (Phi) is 22.0. The molecule has 4 aliphatic rings. The summed E-state index contributed by atoms with van der Waals surface area (Å²) in [5.41, 5.74) is 5.37. The number of esters is 1. The number of aromatic nitrogens is 3. The minimum absolute atomic E-state index is 0.156. The van der Waals surface area contributed by atoms with Crippen LogP contribution in [0, 0.1) is 0 Å². The molecule has 3 aromatic carbocycles. The number of ketones is 2. The molecule has 4 heterocycles. The summed E-state index contributed by atoms with van der Waals surface area (Å²) in [6, 6.07) is 24.9. The second-order valence-electron chi connectivity index (χ2n) is 21.3. The van der Waals surface area contributed by atoms with Crippen LogP contribution in [0.25, 0.3) is 31.7 Å². The molecule has 3 aromatic heterocycles. The van der Waals surface area contributed by atoms with E-state index in [0.29, 0.717) is 56.0 Å². The Balaban J connectivity index is 0.000000157. The highest BCUT2D eigenvalue weighted by atomic mass is 35.5. The Morgan fingerprint density at radius 3 is 1.47 bits per heavy atom. The van der Waals surface area contributed by atoms with Gasteiger partial charge in [0.15, 0.2) is 0 Å². The van der Waals surface area contributed by atoms with Crippen LogP contribution >= 0.6 is 57.2 Å². The maximum Gasteiger partial charge on any atom is 0.315 e. The normalized spacial score (nSPS) is 19.8. The Hall–Kier alpha value is -4.70. The first-order valence-corrected chi connectivity index (χ1v) is 32.1. The van der Waals surface area contributed by atoms with Crippen molar-refractivity contribution in [2.24, 2.45) is 0 Å². The molecule has 16 heteroatoms. The Morgan fingerprint density at radius 2 is 1.05 bits per heavy atom. The van der Waals surface area contributed by atoms with Gasteiger partial charge in [-0.3, -0.25) is 14.4 Å². The van der Waals surface area contributed by atoms with Gasteiger partial charge in [-0.1, -0.05) is 13.8 Å². The molecule has 0 amide bonds. The summed E-state index contributed by atoms with van der Waals surface area (Å²) in [4.78, 5) is 58.1. The zero-order chi connectivity index (χ0) is 55.9. The van der Waals surface area contributed by atoms with E-state index in [9.17, 15) is 14.4 Å². The first kappa shape index (κ1) is 60.4. The van der Waals surface area contributed by atoms with Gasteiger partial charge in [-0.2, -0.15) is 0 Å². The lowest BCUT2D eigenvalue weighted by Crippen LogP contribution is -2.30. The molecule has 3 aliphatic carbocycles. The first-order chi connectivity index (χ1) is 38.3. The van der Waals surface area contributed by atoms with Gasteiger partial charge in [0.05, 0.1) is 54.3 Å². The van der Waals surface area contributed by atoms with E-state index in [-0.39, 0.29) is 11.9 Å². The van der Waals surface area contributed by atoms with Crippen LogP contribution in [-0.2, 0) is 49.2 Å². The number of Topliss-reactive ketones (excluding diaryl/α,β-unsaturated/α-hetero) is 2. The number of fused-ring (bicyclic) bond motifs is 3. The largest absolute Gasteiger partial charge is 0.494 e. The van der Waals surface area contributed by atoms with Gasteiger partial charge >= 0.3 is 5.97 Å². The molecule has 0 bridgehead atoms. The van der Waals surface area contributed by atoms with Gasteiger partial charge in [0, 0.05) is 68.5 Å². The number of aryl methyl sites for hydroxylation is 3. The van der Waals surface area contributed by atoms with Gasteiger partial charge in [-0.15, -0.1) is 57.2 Å². The fraction of sp³-hybridized carbons (Fsp3) is 0.524. The topological polar surface area (TPSA) is 130 Å². The molecule has 11 nitrogen and oxygen atoms in total. The van der Waals surface area contributed by atoms with Crippen molar-refractivity contribution < 1.29 is 33.3 Å². The van der Waals surface area contributed by atoms with Crippen LogP contribution < -0.4 is 14.2 Å². The standard InChI is InChI=1S/C25H34N2O2S.C20H24ClNO2S.C18H20ClNO3S/c1-4-7-22(28)25(3)14-13-21-23(25)26-24(30-21)19-9-11-20(12-10-19)29-17-6-16-27-15-5-8-18(27)2;1-3-5-17(23)20(2)11-10-16-18(20)22-19(25-16)14-6-8-15(9-7-14)24-13-4-12-21;1-2-22-18(21)14-8-9-15-16(14)20-17(24-15)12-4-6-13(7-5-12)23-11-3-10-19/h9-12,18H,4-8,13-17H2,1-3H3;6-9H,3-5,10-13H2,1-2H3;4-7,14H,2-3,8-11H2,1H3. The zero-order valence-corrected chi connectivity index (χ0v) is 50.9. The minimum Gasteiger partial charge on any atom is -0.494 e. The van der Waals surface area contributed by atoms with E-state index in [1.54, 1.807) is 34.0 Å². The highest BCUT2D eigenvalue weighted by Gasteiger charge is 2.44. The van der Waals surface area contributed by atoms with Crippen molar-refractivity contribution in [1.29, 1.82) is 0 Å². The van der Waals surface area contributed by atoms with Crippen LogP contribution in [0.3, 0.4) is 0 Å². The van der Waals surface area contributed by atoms with E-state index >= 15 is 0 Å². The molecule has 6 aromatic rings. The Bertz CT molecular complexity index is 2940.